The summed E-state index contributed by atoms with van der Waals surface area (Å²) in [6.07, 6.45) is 5.58. The van der Waals surface area contributed by atoms with E-state index < -0.39 is 0 Å². The fourth-order valence-corrected chi connectivity index (χ4v) is 4.32. The van der Waals surface area contributed by atoms with Crippen molar-refractivity contribution in [2.75, 3.05) is 49.2 Å². The van der Waals surface area contributed by atoms with E-state index in [-0.39, 0.29) is 5.97 Å². The molecule has 1 aliphatic heterocycles. The molecule has 0 radical (unpaired) electrons. The molecule has 0 bridgehead atoms. The monoisotopic (exact) mass is 459 g/mol. The lowest BCUT2D eigenvalue weighted by molar-refractivity contribution is -0.143. The summed E-state index contributed by atoms with van der Waals surface area (Å²) in [7, 11) is 0. The lowest BCUT2D eigenvalue weighted by atomic mass is 10.0. The molecule has 0 N–H and O–H groups in total. The Morgan fingerprint density at radius 2 is 1.68 bits per heavy atom. The van der Waals surface area contributed by atoms with Gasteiger partial charge in [0.25, 0.3) is 0 Å². The summed E-state index contributed by atoms with van der Waals surface area (Å²) in [5.74, 6) is 0.672. The van der Waals surface area contributed by atoms with Gasteiger partial charge in [-0.25, -0.2) is 0 Å². The van der Waals surface area contributed by atoms with Crippen LogP contribution in [0.1, 0.15) is 30.9 Å². The van der Waals surface area contributed by atoms with Gasteiger partial charge in [0.2, 0.25) is 0 Å². The number of carbonyl (C=O) groups is 1. The van der Waals surface area contributed by atoms with Crippen LogP contribution < -0.4 is 14.5 Å². The molecule has 4 rings (SSSR count). The lowest BCUT2D eigenvalue weighted by Gasteiger charge is -2.38. The van der Waals surface area contributed by atoms with Crippen LogP contribution >= 0.6 is 0 Å². The zero-order valence-electron chi connectivity index (χ0n) is 19.9. The van der Waals surface area contributed by atoms with Gasteiger partial charge in [-0.3, -0.25) is 9.78 Å². The minimum atomic E-state index is -0.169. The van der Waals surface area contributed by atoms with Crippen LogP contribution in [0.25, 0.3) is 0 Å². The van der Waals surface area contributed by atoms with Gasteiger partial charge >= 0.3 is 5.97 Å². The normalized spacial score (nSPS) is 13.6. The molecular formula is C28H33N3O3. The molecule has 1 aliphatic rings. The number of esters is 1. The third-order valence-corrected chi connectivity index (χ3v) is 6.04. The van der Waals surface area contributed by atoms with Crippen LogP contribution in [0.3, 0.4) is 0 Å². The molecular weight excluding hydrogens is 426 g/mol. The van der Waals surface area contributed by atoms with Gasteiger partial charge in [0.15, 0.2) is 0 Å². The topological polar surface area (TPSA) is 54.9 Å². The van der Waals surface area contributed by atoms with Crippen LogP contribution in [0.2, 0.25) is 0 Å². The second-order valence-corrected chi connectivity index (χ2v) is 8.39. The minimum Gasteiger partial charge on any atom is -0.494 e. The van der Waals surface area contributed by atoms with Gasteiger partial charge in [0.05, 0.1) is 13.2 Å². The number of piperazine rings is 1. The Hall–Kier alpha value is -3.54. The molecule has 2 aromatic carbocycles. The Morgan fingerprint density at radius 3 is 2.41 bits per heavy atom. The summed E-state index contributed by atoms with van der Waals surface area (Å²) >= 11 is 0. The first kappa shape index (κ1) is 23.6. The summed E-state index contributed by atoms with van der Waals surface area (Å²) in [6.45, 7) is 6.60. The van der Waals surface area contributed by atoms with Crippen molar-refractivity contribution in [1.29, 1.82) is 0 Å². The summed E-state index contributed by atoms with van der Waals surface area (Å²) in [6, 6.07) is 21.1. The molecule has 6 heteroatoms. The minimum absolute atomic E-state index is 0.169. The van der Waals surface area contributed by atoms with Crippen molar-refractivity contribution < 1.29 is 14.3 Å². The number of pyridine rings is 1. The molecule has 3 aromatic rings. The number of rotatable bonds is 10. The maximum Gasteiger partial charge on any atom is 0.305 e. The van der Waals surface area contributed by atoms with E-state index in [4.69, 9.17) is 9.47 Å². The second-order valence-electron chi connectivity index (χ2n) is 8.39. The highest BCUT2D eigenvalue weighted by Crippen LogP contribution is 2.29. The van der Waals surface area contributed by atoms with Crippen molar-refractivity contribution in [3.05, 3.63) is 84.2 Å². The molecule has 0 atom stereocenters. The summed E-state index contributed by atoms with van der Waals surface area (Å²) in [5, 5.41) is 0. The molecule has 0 spiro atoms. The molecule has 0 unspecified atom stereocenters. The van der Waals surface area contributed by atoms with Gasteiger partial charge in [-0.05, 0) is 61.2 Å². The Morgan fingerprint density at radius 1 is 0.941 bits per heavy atom. The first-order valence-corrected chi connectivity index (χ1v) is 12.1. The highest BCUT2D eigenvalue weighted by molar-refractivity contribution is 5.69. The van der Waals surface area contributed by atoms with E-state index in [9.17, 15) is 4.79 Å². The molecule has 0 amide bonds. The van der Waals surface area contributed by atoms with Crippen molar-refractivity contribution in [3.63, 3.8) is 0 Å². The quantitative estimate of drug-likeness (QED) is 0.323. The van der Waals surface area contributed by atoms with Crippen LogP contribution in [0, 0.1) is 0 Å². The first-order chi connectivity index (χ1) is 16.7. The number of nitrogens with zero attached hydrogens (tertiary/aromatic N) is 3. The number of anilines is 2. The predicted octanol–water partition coefficient (Wildman–Crippen LogP) is 4.72. The fourth-order valence-electron chi connectivity index (χ4n) is 4.32. The van der Waals surface area contributed by atoms with E-state index in [0.29, 0.717) is 26.1 Å². The molecule has 1 aromatic heterocycles. The number of hydrogen-bond acceptors (Lipinski definition) is 6. The summed E-state index contributed by atoms with van der Waals surface area (Å²) in [4.78, 5) is 20.6. The van der Waals surface area contributed by atoms with Crippen LogP contribution in [0.4, 0.5) is 11.4 Å². The van der Waals surface area contributed by atoms with Crippen molar-refractivity contribution in [3.8, 4) is 5.75 Å². The highest BCUT2D eigenvalue weighted by Gasteiger charge is 2.20. The average Bonchev–Trinajstić information content (AvgIpc) is 2.88. The van der Waals surface area contributed by atoms with E-state index in [1.165, 1.54) is 22.5 Å². The van der Waals surface area contributed by atoms with Crippen LogP contribution in [0.5, 0.6) is 5.75 Å². The van der Waals surface area contributed by atoms with E-state index in [1.54, 1.807) is 0 Å². The van der Waals surface area contributed by atoms with E-state index in [2.05, 4.69) is 63.3 Å². The number of benzene rings is 2. The fraction of sp³-hybridized carbons (Fsp3) is 0.357. The zero-order valence-corrected chi connectivity index (χ0v) is 19.9. The Balaban J connectivity index is 1.43. The van der Waals surface area contributed by atoms with Crippen LogP contribution in [0.15, 0.2) is 73.1 Å². The van der Waals surface area contributed by atoms with Crippen LogP contribution in [-0.2, 0) is 16.0 Å². The van der Waals surface area contributed by atoms with Crippen molar-refractivity contribution in [2.24, 2.45) is 0 Å². The summed E-state index contributed by atoms with van der Waals surface area (Å²) in [5.41, 5.74) is 5.02. The molecule has 2 heterocycles. The number of hydrogen-bond donors (Lipinski definition) is 0. The van der Waals surface area contributed by atoms with E-state index in [1.807, 2.05) is 31.5 Å². The molecule has 34 heavy (non-hydrogen) atoms. The number of aromatic nitrogens is 1. The smallest absolute Gasteiger partial charge is 0.305 e. The third kappa shape index (κ3) is 6.50. The van der Waals surface area contributed by atoms with E-state index in [0.717, 1.165) is 38.3 Å². The van der Waals surface area contributed by atoms with Gasteiger partial charge in [-0.2, -0.15) is 0 Å². The molecule has 1 saturated heterocycles. The second kappa shape index (κ2) is 12.1. The lowest BCUT2D eigenvalue weighted by Crippen LogP contribution is -2.46. The van der Waals surface area contributed by atoms with E-state index >= 15 is 0 Å². The van der Waals surface area contributed by atoms with Crippen molar-refractivity contribution in [2.45, 2.75) is 26.2 Å². The van der Waals surface area contributed by atoms with Gasteiger partial charge in [0, 0.05) is 56.4 Å². The number of carbonyl (C=O) groups excluding carboxylic acids is 1. The molecule has 178 valence electrons. The Labute approximate surface area is 202 Å². The largest absolute Gasteiger partial charge is 0.494 e. The van der Waals surface area contributed by atoms with Crippen molar-refractivity contribution >= 4 is 17.3 Å². The standard InChI is InChI=1S/C28H33N3O3/c1-2-33-28(32)9-6-20-34-26-10-11-27(24(22-26)21-23-7-4-3-5-8-23)31-18-16-30(17-19-31)25-12-14-29-15-13-25/h3-5,7-8,10-15,22H,2,6,9,16-21H2,1H3. The average molecular weight is 460 g/mol. The maximum absolute atomic E-state index is 11.6. The number of ether oxygens (including phenoxy) is 2. The Kier molecular flexibility index (Phi) is 8.38. The highest BCUT2D eigenvalue weighted by atomic mass is 16.5. The van der Waals surface area contributed by atoms with Crippen molar-refractivity contribution in [1.82, 2.24) is 4.98 Å². The third-order valence-electron chi connectivity index (χ3n) is 6.04. The predicted molar refractivity (Wildman–Crippen MR) is 136 cm³/mol. The van der Waals surface area contributed by atoms with Gasteiger partial charge in [0.1, 0.15) is 5.75 Å². The SMILES string of the molecule is CCOC(=O)CCCOc1ccc(N2CCN(c3ccncc3)CC2)c(Cc2ccccc2)c1. The molecule has 1 fully saturated rings. The van der Waals surface area contributed by atoms with Gasteiger partial charge in [-0.1, -0.05) is 30.3 Å². The molecule has 0 saturated carbocycles. The van der Waals surface area contributed by atoms with Gasteiger partial charge < -0.3 is 19.3 Å². The molecule has 0 aliphatic carbocycles. The zero-order chi connectivity index (χ0) is 23.6. The summed E-state index contributed by atoms with van der Waals surface area (Å²) < 4.78 is 11.0. The van der Waals surface area contributed by atoms with Crippen LogP contribution in [-0.4, -0.2) is 50.3 Å². The molecule has 6 nitrogen and oxygen atoms in total. The Bertz CT molecular complexity index is 1040. The first-order valence-electron chi connectivity index (χ1n) is 12.1. The van der Waals surface area contributed by atoms with Gasteiger partial charge in [-0.15, -0.1) is 0 Å². The maximum atomic E-state index is 11.6.